The molecule has 1 aliphatic rings. The van der Waals surface area contributed by atoms with Crippen molar-refractivity contribution < 1.29 is 0 Å². The summed E-state index contributed by atoms with van der Waals surface area (Å²) in [4.78, 5) is 0. The monoisotopic (exact) mass is 130 g/mol. The van der Waals surface area contributed by atoms with Crippen LogP contribution < -0.4 is 0 Å². The second-order valence-electron chi connectivity index (χ2n) is 2.80. The van der Waals surface area contributed by atoms with Gasteiger partial charge >= 0.3 is 0 Å². The van der Waals surface area contributed by atoms with E-state index < -0.39 is 0 Å². The van der Waals surface area contributed by atoms with Crippen LogP contribution in [0.4, 0.5) is 0 Å². The summed E-state index contributed by atoms with van der Waals surface area (Å²) >= 11 is 0. The molecule has 0 fully saturated rings. The van der Waals surface area contributed by atoms with Crippen molar-refractivity contribution in [2.75, 3.05) is 0 Å². The van der Waals surface area contributed by atoms with Crippen molar-refractivity contribution in [1.29, 1.82) is 0 Å². The zero-order valence-electron chi connectivity index (χ0n) is 6.09. The van der Waals surface area contributed by atoms with E-state index in [1.165, 1.54) is 12.0 Å². The van der Waals surface area contributed by atoms with Crippen molar-refractivity contribution in [3.05, 3.63) is 41.5 Å². The Bertz CT molecular complexity index is 267. The molecule has 0 amide bonds. The molecule has 0 atom stereocenters. The molecule has 0 aromatic heterocycles. The Hall–Kier alpha value is -1.04. The molecule has 1 aromatic rings. The first-order valence-corrected chi connectivity index (χ1v) is 3.62. The second-order valence-corrected chi connectivity index (χ2v) is 2.80. The highest BCUT2D eigenvalue weighted by Crippen LogP contribution is 2.38. The molecule has 10 heavy (non-hydrogen) atoms. The van der Waals surface area contributed by atoms with Gasteiger partial charge in [-0.15, -0.1) is 0 Å². The summed E-state index contributed by atoms with van der Waals surface area (Å²) in [5, 5.41) is 0. The molecule has 0 nitrogen and oxygen atoms in total. The Morgan fingerprint density at radius 2 is 1.70 bits per heavy atom. The van der Waals surface area contributed by atoms with Gasteiger partial charge in [-0.3, -0.25) is 0 Å². The fourth-order valence-corrected chi connectivity index (χ4v) is 1.21. The number of benzene rings is 1. The van der Waals surface area contributed by atoms with Crippen LogP contribution in [-0.4, -0.2) is 0 Å². The van der Waals surface area contributed by atoms with E-state index in [-0.39, 0.29) is 0 Å². The fourth-order valence-electron chi connectivity index (χ4n) is 1.21. The minimum absolute atomic E-state index is 1.23. The van der Waals surface area contributed by atoms with Gasteiger partial charge in [-0.05, 0) is 24.5 Å². The van der Waals surface area contributed by atoms with Gasteiger partial charge in [-0.1, -0.05) is 35.9 Å². The summed E-state index contributed by atoms with van der Waals surface area (Å²) < 4.78 is 0. The summed E-state index contributed by atoms with van der Waals surface area (Å²) in [6.07, 6.45) is 1.23. The van der Waals surface area contributed by atoms with Gasteiger partial charge in [0, 0.05) is 0 Å². The third kappa shape index (κ3) is 0.860. The van der Waals surface area contributed by atoms with Gasteiger partial charge in [0.25, 0.3) is 0 Å². The van der Waals surface area contributed by atoms with Crippen molar-refractivity contribution in [3.8, 4) is 0 Å². The van der Waals surface area contributed by atoms with E-state index in [0.717, 1.165) is 0 Å². The molecule has 0 bridgehead atoms. The normalized spacial score (nSPS) is 15.7. The van der Waals surface area contributed by atoms with Crippen LogP contribution in [0.2, 0.25) is 0 Å². The van der Waals surface area contributed by atoms with Gasteiger partial charge < -0.3 is 0 Å². The fraction of sp³-hybridized carbons (Fsp3) is 0.200. The zero-order valence-corrected chi connectivity index (χ0v) is 6.09. The molecule has 0 radical (unpaired) electrons. The largest absolute Gasteiger partial charge is 0.0648 e. The van der Waals surface area contributed by atoms with Gasteiger partial charge in [-0.2, -0.15) is 0 Å². The Morgan fingerprint density at radius 3 is 2.20 bits per heavy atom. The minimum atomic E-state index is 1.23. The van der Waals surface area contributed by atoms with E-state index in [0.29, 0.717) is 0 Å². The maximum absolute atomic E-state index is 2.20. The molecule has 0 N–H and O–H groups in total. The minimum Gasteiger partial charge on any atom is -0.0648 e. The highest BCUT2D eigenvalue weighted by atomic mass is 14.2. The number of hydrogen-bond acceptors (Lipinski definition) is 0. The highest BCUT2D eigenvalue weighted by Gasteiger charge is 2.16. The topological polar surface area (TPSA) is 0 Å². The molecule has 0 heterocycles. The van der Waals surface area contributed by atoms with Crippen LogP contribution in [0, 0.1) is 0 Å². The Kier molecular flexibility index (Phi) is 1.13. The highest BCUT2D eigenvalue weighted by molar-refractivity contribution is 5.81. The van der Waals surface area contributed by atoms with E-state index >= 15 is 0 Å². The molecule has 50 valence electrons. The second kappa shape index (κ2) is 1.98. The average molecular weight is 130 g/mol. The molecular weight excluding hydrogens is 120 g/mol. The lowest BCUT2D eigenvalue weighted by Crippen LogP contribution is -1.68. The van der Waals surface area contributed by atoms with E-state index in [1.807, 2.05) is 0 Å². The third-order valence-corrected chi connectivity index (χ3v) is 1.95. The number of allylic oxidation sites excluding steroid dienone is 2. The predicted octanol–water partition coefficient (Wildman–Crippen LogP) is 2.86. The molecular formula is C10H10. The van der Waals surface area contributed by atoms with Crippen molar-refractivity contribution in [1.82, 2.24) is 0 Å². The molecule has 1 aromatic carbocycles. The predicted molar refractivity (Wildman–Crippen MR) is 43.7 cm³/mol. The Morgan fingerprint density at radius 1 is 1.10 bits per heavy atom. The first kappa shape index (κ1) is 5.72. The summed E-state index contributed by atoms with van der Waals surface area (Å²) in [6.45, 7) is 2.20. The third-order valence-electron chi connectivity index (χ3n) is 1.95. The van der Waals surface area contributed by atoms with Crippen molar-refractivity contribution in [2.45, 2.75) is 13.3 Å². The van der Waals surface area contributed by atoms with Gasteiger partial charge in [0.05, 0.1) is 0 Å². The molecule has 0 spiro atoms. The maximum Gasteiger partial charge on any atom is -0.00582 e. The van der Waals surface area contributed by atoms with Crippen LogP contribution in [0.25, 0.3) is 5.57 Å². The van der Waals surface area contributed by atoms with Crippen LogP contribution in [-0.2, 0) is 0 Å². The molecule has 1 aliphatic carbocycles. The van der Waals surface area contributed by atoms with E-state index in [2.05, 4.69) is 37.3 Å². The lowest BCUT2D eigenvalue weighted by Gasteiger charge is -1.89. The standard InChI is InChI=1S/C10H10/c1-8-7-10(8)9-5-3-2-4-6-9/h2-6H,7H2,1H3. The lowest BCUT2D eigenvalue weighted by molar-refractivity contribution is 1.48. The van der Waals surface area contributed by atoms with Crippen molar-refractivity contribution >= 4 is 5.57 Å². The van der Waals surface area contributed by atoms with E-state index in [1.54, 1.807) is 11.1 Å². The summed E-state index contributed by atoms with van der Waals surface area (Å²) in [6, 6.07) is 10.6. The van der Waals surface area contributed by atoms with Crippen molar-refractivity contribution in [3.63, 3.8) is 0 Å². The van der Waals surface area contributed by atoms with Gasteiger partial charge in [0.2, 0.25) is 0 Å². The van der Waals surface area contributed by atoms with Crippen molar-refractivity contribution in [2.24, 2.45) is 0 Å². The SMILES string of the molecule is CC1=C(c2ccccc2)C1. The zero-order chi connectivity index (χ0) is 6.97. The van der Waals surface area contributed by atoms with Crippen LogP contribution in [0.5, 0.6) is 0 Å². The first-order chi connectivity index (χ1) is 4.88. The quantitative estimate of drug-likeness (QED) is 0.548. The smallest absolute Gasteiger partial charge is 0.00582 e. The van der Waals surface area contributed by atoms with Gasteiger partial charge in [-0.25, -0.2) is 0 Å². The van der Waals surface area contributed by atoms with E-state index in [4.69, 9.17) is 0 Å². The summed E-state index contributed by atoms with van der Waals surface area (Å²) in [5.74, 6) is 0. The van der Waals surface area contributed by atoms with Crippen LogP contribution in [0.3, 0.4) is 0 Å². The van der Waals surface area contributed by atoms with Gasteiger partial charge in [0.15, 0.2) is 0 Å². The first-order valence-electron chi connectivity index (χ1n) is 3.62. The molecule has 0 heteroatoms. The maximum atomic E-state index is 2.20. The molecule has 0 saturated carbocycles. The summed E-state index contributed by atoms with van der Waals surface area (Å²) in [7, 11) is 0. The Balaban J connectivity index is 2.37. The molecule has 2 rings (SSSR count). The van der Waals surface area contributed by atoms with Gasteiger partial charge in [0.1, 0.15) is 0 Å². The summed E-state index contributed by atoms with van der Waals surface area (Å²) in [5.41, 5.74) is 4.49. The number of rotatable bonds is 1. The lowest BCUT2D eigenvalue weighted by atomic mass is 10.2. The van der Waals surface area contributed by atoms with Crippen LogP contribution in [0.1, 0.15) is 18.9 Å². The average Bonchev–Trinajstić information content (AvgIpc) is 2.69. The molecule has 0 saturated heterocycles. The Labute approximate surface area is 61.2 Å². The number of hydrogen-bond donors (Lipinski definition) is 0. The molecule has 0 unspecified atom stereocenters. The van der Waals surface area contributed by atoms with Crippen LogP contribution in [0.15, 0.2) is 35.9 Å². The molecule has 0 aliphatic heterocycles. The van der Waals surface area contributed by atoms with Crippen LogP contribution >= 0.6 is 0 Å². The van der Waals surface area contributed by atoms with E-state index in [9.17, 15) is 0 Å².